The van der Waals surface area contributed by atoms with E-state index in [0.717, 1.165) is 31.8 Å². The predicted octanol–water partition coefficient (Wildman–Crippen LogP) is 2.63. The Bertz CT molecular complexity index is 279. The fourth-order valence-electron chi connectivity index (χ4n) is 2.91. The van der Waals surface area contributed by atoms with E-state index in [1.807, 2.05) is 6.92 Å². The zero-order chi connectivity index (χ0) is 15.7. The van der Waals surface area contributed by atoms with Crippen molar-refractivity contribution in [3.05, 3.63) is 0 Å². The second-order valence-electron chi connectivity index (χ2n) is 6.67. The standard InChI is InChI=1S/C9H17NO2.C8H17N/c1-3-12-9(11)8-4-6-10(2)7-5-8;1-8-4-3-6-9(2)7-5-8/h8H,3-7H2,1-2H3;8H,3-7H2,1-2H3. The molecule has 2 rings (SSSR count). The van der Waals surface area contributed by atoms with Crippen molar-refractivity contribution in [1.82, 2.24) is 9.80 Å². The summed E-state index contributed by atoms with van der Waals surface area (Å²) in [6.45, 7) is 9.37. The molecule has 4 heteroatoms. The van der Waals surface area contributed by atoms with Gasteiger partial charge in [0.1, 0.15) is 0 Å². The Labute approximate surface area is 130 Å². The lowest BCUT2D eigenvalue weighted by Crippen LogP contribution is -2.34. The van der Waals surface area contributed by atoms with E-state index in [4.69, 9.17) is 4.74 Å². The molecule has 1 atom stereocenters. The van der Waals surface area contributed by atoms with Gasteiger partial charge in [-0.3, -0.25) is 4.79 Å². The topological polar surface area (TPSA) is 32.8 Å². The average Bonchev–Trinajstić information content (AvgIpc) is 2.65. The van der Waals surface area contributed by atoms with Gasteiger partial charge in [-0.1, -0.05) is 6.92 Å². The van der Waals surface area contributed by atoms with Crippen molar-refractivity contribution in [2.75, 3.05) is 46.9 Å². The first-order chi connectivity index (χ1) is 10.0. The molecule has 0 aliphatic carbocycles. The molecule has 0 aromatic rings. The number of nitrogens with zero attached hydrogens (tertiary/aromatic N) is 2. The normalized spacial score (nSPS) is 25.6. The molecule has 2 saturated heterocycles. The third kappa shape index (κ3) is 7.82. The Morgan fingerprint density at radius 1 is 1.00 bits per heavy atom. The Morgan fingerprint density at radius 3 is 2.19 bits per heavy atom. The number of carbonyl (C=O) groups excluding carboxylic acids is 1. The highest BCUT2D eigenvalue weighted by atomic mass is 16.5. The molecule has 1 unspecified atom stereocenters. The van der Waals surface area contributed by atoms with Gasteiger partial charge in [0.25, 0.3) is 0 Å². The summed E-state index contributed by atoms with van der Waals surface area (Å²) < 4.78 is 4.96. The molecular weight excluding hydrogens is 264 g/mol. The first kappa shape index (κ1) is 18.4. The summed E-state index contributed by atoms with van der Waals surface area (Å²) >= 11 is 0. The van der Waals surface area contributed by atoms with Crippen LogP contribution in [0.1, 0.15) is 46.0 Å². The van der Waals surface area contributed by atoms with Crippen LogP contribution in [0.25, 0.3) is 0 Å². The van der Waals surface area contributed by atoms with Gasteiger partial charge in [-0.05, 0) is 85.2 Å². The third-order valence-corrected chi connectivity index (χ3v) is 4.58. The first-order valence-electron chi connectivity index (χ1n) is 8.56. The molecule has 0 aromatic heterocycles. The molecule has 2 aliphatic rings. The highest BCUT2D eigenvalue weighted by Gasteiger charge is 2.23. The van der Waals surface area contributed by atoms with Crippen molar-refractivity contribution in [2.45, 2.75) is 46.0 Å². The molecule has 4 nitrogen and oxygen atoms in total. The second kappa shape index (κ2) is 10.2. The molecule has 124 valence electrons. The minimum atomic E-state index is -0.00870. The monoisotopic (exact) mass is 298 g/mol. The Hall–Kier alpha value is -0.610. The van der Waals surface area contributed by atoms with Gasteiger partial charge in [0.15, 0.2) is 0 Å². The van der Waals surface area contributed by atoms with Crippen molar-refractivity contribution in [1.29, 1.82) is 0 Å². The maximum absolute atomic E-state index is 11.3. The zero-order valence-electron chi connectivity index (χ0n) is 14.4. The summed E-state index contributed by atoms with van der Waals surface area (Å²) in [7, 11) is 4.30. The SMILES string of the molecule is CC1CCCN(C)CC1.CCOC(=O)C1CCN(C)CC1. The van der Waals surface area contributed by atoms with E-state index in [2.05, 4.69) is 30.8 Å². The number of esters is 1. The van der Waals surface area contributed by atoms with E-state index in [9.17, 15) is 4.79 Å². The number of likely N-dealkylation sites (tertiary alicyclic amines) is 2. The molecule has 2 heterocycles. The largest absolute Gasteiger partial charge is 0.466 e. The molecule has 0 bridgehead atoms. The summed E-state index contributed by atoms with van der Waals surface area (Å²) in [4.78, 5) is 15.9. The number of rotatable bonds is 2. The van der Waals surface area contributed by atoms with Gasteiger partial charge < -0.3 is 14.5 Å². The second-order valence-corrected chi connectivity index (χ2v) is 6.67. The molecule has 2 fully saturated rings. The summed E-state index contributed by atoms with van der Waals surface area (Å²) in [5.41, 5.74) is 0. The minimum absolute atomic E-state index is 0.00870. The van der Waals surface area contributed by atoms with E-state index in [1.165, 1.54) is 32.4 Å². The summed E-state index contributed by atoms with van der Waals surface area (Å²) in [5, 5.41) is 0. The highest BCUT2D eigenvalue weighted by molar-refractivity contribution is 5.72. The van der Waals surface area contributed by atoms with Crippen LogP contribution < -0.4 is 0 Å². The van der Waals surface area contributed by atoms with Crippen LogP contribution in [0, 0.1) is 11.8 Å². The Morgan fingerprint density at radius 2 is 1.57 bits per heavy atom. The Balaban J connectivity index is 0.000000219. The van der Waals surface area contributed by atoms with Crippen molar-refractivity contribution >= 4 is 5.97 Å². The van der Waals surface area contributed by atoms with E-state index < -0.39 is 0 Å². The molecule has 0 N–H and O–H groups in total. The molecule has 0 spiro atoms. The summed E-state index contributed by atoms with van der Waals surface area (Å²) in [5.74, 6) is 1.11. The quantitative estimate of drug-likeness (QED) is 0.734. The van der Waals surface area contributed by atoms with Crippen molar-refractivity contribution in [2.24, 2.45) is 11.8 Å². The van der Waals surface area contributed by atoms with Gasteiger partial charge in [-0.25, -0.2) is 0 Å². The maximum Gasteiger partial charge on any atom is 0.309 e. The molecule has 0 amide bonds. The lowest BCUT2D eigenvalue weighted by molar-refractivity contribution is -0.149. The van der Waals surface area contributed by atoms with Gasteiger partial charge in [-0.2, -0.15) is 0 Å². The van der Waals surface area contributed by atoms with E-state index in [1.54, 1.807) is 0 Å². The van der Waals surface area contributed by atoms with Gasteiger partial charge in [-0.15, -0.1) is 0 Å². The van der Waals surface area contributed by atoms with Crippen LogP contribution in [0.3, 0.4) is 0 Å². The van der Waals surface area contributed by atoms with Gasteiger partial charge in [0.05, 0.1) is 12.5 Å². The Kier molecular flexibility index (Phi) is 8.93. The number of ether oxygens (including phenoxy) is 1. The van der Waals surface area contributed by atoms with E-state index >= 15 is 0 Å². The molecule has 0 radical (unpaired) electrons. The van der Waals surface area contributed by atoms with Crippen LogP contribution in [0.4, 0.5) is 0 Å². The smallest absolute Gasteiger partial charge is 0.309 e. The lowest BCUT2D eigenvalue weighted by atomic mass is 9.97. The zero-order valence-corrected chi connectivity index (χ0v) is 14.4. The maximum atomic E-state index is 11.3. The average molecular weight is 298 g/mol. The highest BCUT2D eigenvalue weighted by Crippen LogP contribution is 2.17. The molecule has 21 heavy (non-hydrogen) atoms. The van der Waals surface area contributed by atoms with Crippen molar-refractivity contribution in [3.8, 4) is 0 Å². The van der Waals surface area contributed by atoms with Gasteiger partial charge in [0, 0.05) is 0 Å². The van der Waals surface area contributed by atoms with Gasteiger partial charge in [0.2, 0.25) is 0 Å². The summed E-state index contributed by atoms with van der Waals surface area (Å²) in [6.07, 6.45) is 6.14. The predicted molar refractivity (Wildman–Crippen MR) is 87.4 cm³/mol. The van der Waals surface area contributed by atoms with Crippen LogP contribution in [0.15, 0.2) is 0 Å². The molecule has 2 aliphatic heterocycles. The van der Waals surface area contributed by atoms with Crippen LogP contribution >= 0.6 is 0 Å². The van der Waals surface area contributed by atoms with Crippen LogP contribution in [0.2, 0.25) is 0 Å². The van der Waals surface area contributed by atoms with Gasteiger partial charge >= 0.3 is 5.97 Å². The molecule has 0 saturated carbocycles. The summed E-state index contributed by atoms with van der Waals surface area (Å²) in [6, 6.07) is 0. The first-order valence-corrected chi connectivity index (χ1v) is 8.56. The molecule has 0 aromatic carbocycles. The van der Waals surface area contributed by atoms with Crippen LogP contribution in [-0.4, -0.2) is 62.7 Å². The minimum Gasteiger partial charge on any atom is -0.466 e. The van der Waals surface area contributed by atoms with Crippen molar-refractivity contribution in [3.63, 3.8) is 0 Å². The van der Waals surface area contributed by atoms with Crippen molar-refractivity contribution < 1.29 is 9.53 Å². The molecular formula is C17H34N2O2. The third-order valence-electron chi connectivity index (χ3n) is 4.58. The van der Waals surface area contributed by atoms with E-state index in [0.29, 0.717) is 6.61 Å². The lowest BCUT2D eigenvalue weighted by Gasteiger charge is -2.27. The fraction of sp³-hybridized carbons (Fsp3) is 0.941. The van der Waals surface area contributed by atoms with E-state index in [-0.39, 0.29) is 11.9 Å². The number of carbonyl (C=O) groups is 1. The number of hydrogen-bond acceptors (Lipinski definition) is 4. The van der Waals surface area contributed by atoms with Crippen LogP contribution in [0.5, 0.6) is 0 Å². The number of hydrogen-bond donors (Lipinski definition) is 0. The van der Waals surface area contributed by atoms with Crippen LogP contribution in [-0.2, 0) is 9.53 Å². The fourth-order valence-corrected chi connectivity index (χ4v) is 2.91. The number of piperidine rings is 1.